The SMILES string of the molecule is Cc1csc(COc2ccc(C(=O)Nc3nc4ccc([N+](=O)[O-])cc4s3)cc2)n1. The van der Waals surface area contributed by atoms with Crippen molar-refractivity contribution in [1.82, 2.24) is 9.97 Å². The van der Waals surface area contributed by atoms with Gasteiger partial charge in [0.25, 0.3) is 11.6 Å². The van der Waals surface area contributed by atoms with E-state index in [0.717, 1.165) is 10.7 Å². The number of hydrogen-bond acceptors (Lipinski definition) is 8. The number of nitrogens with zero attached hydrogens (tertiary/aromatic N) is 3. The van der Waals surface area contributed by atoms with E-state index < -0.39 is 4.92 Å². The maximum atomic E-state index is 12.5. The molecule has 4 aromatic rings. The predicted octanol–water partition coefficient (Wildman–Crippen LogP) is 4.80. The third kappa shape index (κ3) is 4.39. The smallest absolute Gasteiger partial charge is 0.270 e. The number of thiazole rings is 2. The Balaban J connectivity index is 1.41. The summed E-state index contributed by atoms with van der Waals surface area (Å²) in [6.07, 6.45) is 0. The molecule has 146 valence electrons. The predicted molar refractivity (Wildman–Crippen MR) is 112 cm³/mol. The lowest BCUT2D eigenvalue weighted by atomic mass is 10.2. The first-order valence-electron chi connectivity index (χ1n) is 8.48. The highest BCUT2D eigenvalue weighted by atomic mass is 32.1. The Hall–Kier alpha value is -3.37. The second kappa shape index (κ2) is 7.94. The third-order valence-corrected chi connectivity index (χ3v) is 5.82. The normalized spacial score (nSPS) is 10.8. The molecule has 2 aromatic carbocycles. The van der Waals surface area contributed by atoms with Gasteiger partial charge in [0.2, 0.25) is 0 Å². The van der Waals surface area contributed by atoms with Gasteiger partial charge in [0, 0.05) is 28.8 Å². The molecule has 0 spiro atoms. The van der Waals surface area contributed by atoms with Crippen LogP contribution in [0.25, 0.3) is 10.2 Å². The molecule has 8 nitrogen and oxygen atoms in total. The van der Waals surface area contributed by atoms with Gasteiger partial charge in [-0.1, -0.05) is 11.3 Å². The van der Waals surface area contributed by atoms with Crippen LogP contribution < -0.4 is 10.1 Å². The molecule has 0 saturated heterocycles. The van der Waals surface area contributed by atoms with Crippen molar-refractivity contribution >= 4 is 49.6 Å². The fourth-order valence-electron chi connectivity index (χ4n) is 2.57. The second-order valence-corrected chi connectivity index (χ2v) is 8.05. The van der Waals surface area contributed by atoms with E-state index in [1.165, 1.54) is 34.8 Å². The first kappa shape index (κ1) is 19.0. The fourth-order valence-corrected chi connectivity index (χ4v) is 4.14. The third-order valence-electron chi connectivity index (χ3n) is 3.95. The molecule has 4 rings (SSSR count). The van der Waals surface area contributed by atoms with Crippen LogP contribution >= 0.6 is 22.7 Å². The number of rotatable bonds is 6. The lowest BCUT2D eigenvalue weighted by molar-refractivity contribution is -0.384. The van der Waals surface area contributed by atoms with Crippen LogP contribution in [0.15, 0.2) is 47.8 Å². The average Bonchev–Trinajstić information content (AvgIpc) is 3.31. The number of aryl methyl sites for hydroxylation is 1. The van der Waals surface area contributed by atoms with Crippen LogP contribution in [0.1, 0.15) is 21.1 Å². The van der Waals surface area contributed by atoms with Crippen LogP contribution in [-0.4, -0.2) is 20.8 Å². The van der Waals surface area contributed by atoms with E-state index in [4.69, 9.17) is 4.74 Å². The number of nitro groups is 1. The van der Waals surface area contributed by atoms with E-state index in [-0.39, 0.29) is 11.6 Å². The molecular formula is C19H14N4O4S2. The van der Waals surface area contributed by atoms with Crippen molar-refractivity contribution in [3.63, 3.8) is 0 Å². The Bertz CT molecular complexity index is 1200. The number of anilines is 1. The lowest BCUT2D eigenvalue weighted by Gasteiger charge is -2.05. The van der Waals surface area contributed by atoms with Gasteiger partial charge in [0.1, 0.15) is 17.4 Å². The average molecular weight is 426 g/mol. The molecule has 2 heterocycles. The van der Waals surface area contributed by atoms with E-state index in [2.05, 4.69) is 15.3 Å². The van der Waals surface area contributed by atoms with Crippen molar-refractivity contribution in [3.05, 3.63) is 74.2 Å². The molecule has 0 aliphatic rings. The summed E-state index contributed by atoms with van der Waals surface area (Å²) in [5.41, 5.74) is 2.00. The van der Waals surface area contributed by atoms with Gasteiger partial charge in [0.05, 0.1) is 15.1 Å². The fraction of sp³-hybridized carbons (Fsp3) is 0.105. The van der Waals surface area contributed by atoms with Crippen molar-refractivity contribution in [2.75, 3.05) is 5.32 Å². The number of carbonyl (C=O) groups is 1. The van der Waals surface area contributed by atoms with Crippen LogP contribution in [0.5, 0.6) is 5.75 Å². The molecule has 10 heteroatoms. The van der Waals surface area contributed by atoms with E-state index >= 15 is 0 Å². The molecule has 0 bridgehead atoms. The number of aromatic nitrogens is 2. The van der Waals surface area contributed by atoms with Crippen molar-refractivity contribution in [2.45, 2.75) is 13.5 Å². The van der Waals surface area contributed by atoms with Crippen molar-refractivity contribution < 1.29 is 14.5 Å². The molecule has 0 atom stereocenters. The summed E-state index contributed by atoms with van der Waals surface area (Å²) >= 11 is 2.72. The van der Waals surface area contributed by atoms with Crippen LogP contribution in [0.4, 0.5) is 10.8 Å². The summed E-state index contributed by atoms with van der Waals surface area (Å²) in [6.45, 7) is 2.31. The van der Waals surface area contributed by atoms with Crippen LogP contribution in [0, 0.1) is 17.0 Å². The number of nitrogens with one attached hydrogen (secondary N) is 1. The summed E-state index contributed by atoms with van der Waals surface area (Å²) in [6, 6.07) is 11.2. The molecule has 1 amide bonds. The Labute approximate surface area is 173 Å². The molecule has 0 saturated carbocycles. The molecule has 0 aliphatic heterocycles. The van der Waals surface area contributed by atoms with Gasteiger partial charge in [0.15, 0.2) is 5.13 Å². The van der Waals surface area contributed by atoms with E-state index in [1.807, 2.05) is 12.3 Å². The molecular weight excluding hydrogens is 412 g/mol. The zero-order valence-electron chi connectivity index (χ0n) is 15.1. The number of carbonyl (C=O) groups excluding carboxylic acids is 1. The highest BCUT2D eigenvalue weighted by Crippen LogP contribution is 2.29. The van der Waals surface area contributed by atoms with Gasteiger partial charge in [-0.25, -0.2) is 9.97 Å². The molecule has 0 aliphatic carbocycles. The minimum atomic E-state index is -0.462. The minimum Gasteiger partial charge on any atom is -0.486 e. The number of nitro benzene ring substituents is 1. The van der Waals surface area contributed by atoms with E-state index in [1.54, 1.807) is 30.3 Å². The topological polar surface area (TPSA) is 107 Å². The minimum absolute atomic E-state index is 0.0116. The molecule has 0 radical (unpaired) electrons. The Morgan fingerprint density at radius 3 is 2.69 bits per heavy atom. The van der Waals surface area contributed by atoms with Crippen LogP contribution in [0.2, 0.25) is 0 Å². The summed E-state index contributed by atoms with van der Waals surface area (Å²) < 4.78 is 6.31. The quantitative estimate of drug-likeness (QED) is 0.350. The standard InChI is InChI=1S/C19H14N4O4S2/c1-11-10-28-17(20-11)9-27-14-5-2-12(3-6-14)18(24)22-19-21-15-7-4-13(23(25)26)8-16(15)29-19/h2-8,10H,9H2,1H3,(H,21,22,24). The van der Waals surface area contributed by atoms with Gasteiger partial charge >= 0.3 is 0 Å². The van der Waals surface area contributed by atoms with Gasteiger partial charge < -0.3 is 4.74 Å². The van der Waals surface area contributed by atoms with E-state index in [0.29, 0.717) is 33.3 Å². The number of hydrogen-bond donors (Lipinski definition) is 1. The first-order chi connectivity index (χ1) is 14.0. The number of benzene rings is 2. The van der Waals surface area contributed by atoms with Gasteiger partial charge in [-0.05, 0) is 37.3 Å². The van der Waals surface area contributed by atoms with Gasteiger partial charge in [-0.3, -0.25) is 20.2 Å². The summed E-state index contributed by atoms with van der Waals surface area (Å²) in [7, 11) is 0. The number of fused-ring (bicyclic) bond motifs is 1. The number of non-ortho nitro benzene ring substituents is 1. The Kier molecular flexibility index (Phi) is 5.19. The maximum absolute atomic E-state index is 12.5. The van der Waals surface area contributed by atoms with Gasteiger partial charge in [-0.15, -0.1) is 11.3 Å². The summed E-state index contributed by atoms with van der Waals surface area (Å²) in [4.78, 5) is 31.5. The highest BCUT2D eigenvalue weighted by Gasteiger charge is 2.13. The van der Waals surface area contributed by atoms with Crippen molar-refractivity contribution in [2.24, 2.45) is 0 Å². The number of ether oxygens (including phenoxy) is 1. The zero-order chi connectivity index (χ0) is 20.4. The van der Waals surface area contributed by atoms with Gasteiger partial charge in [-0.2, -0.15) is 0 Å². The molecule has 1 N–H and O–H groups in total. The monoisotopic (exact) mass is 426 g/mol. The number of amides is 1. The maximum Gasteiger partial charge on any atom is 0.270 e. The lowest BCUT2D eigenvalue weighted by Crippen LogP contribution is -2.11. The summed E-state index contributed by atoms with van der Waals surface area (Å²) in [5.74, 6) is 0.322. The molecule has 2 aromatic heterocycles. The van der Waals surface area contributed by atoms with Crippen LogP contribution in [-0.2, 0) is 6.61 Å². The highest BCUT2D eigenvalue weighted by molar-refractivity contribution is 7.22. The largest absolute Gasteiger partial charge is 0.486 e. The van der Waals surface area contributed by atoms with Crippen molar-refractivity contribution in [3.8, 4) is 5.75 Å². The molecule has 0 fully saturated rings. The molecule has 0 unspecified atom stereocenters. The second-order valence-electron chi connectivity index (χ2n) is 6.08. The summed E-state index contributed by atoms with van der Waals surface area (Å²) in [5, 5.41) is 16.8. The van der Waals surface area contributed by atoms with Crippen LogP contribution in [0.3, 0.4) is 0 Å². The van der Waals surface area contributed by atoms with Crippen molar-refractivity contribution in [1.29, 1.82) is 0 Å². The van der Waals surface area contributed by atoms with E-state index in [9.17, 15) is 14.9 Å². The zero-order valence-corrected chi connectivity index (χ0v) is 16.8. The Morgan fingerprint density at radius 1 is 1.21 bits per heavy atom. The Morgan fingerprint density at radius 2 is 2.00 bits per heavy atom. The first-order valence-corrected chi connectivity index (χ1v) is 10.2. The molecule has 29 heavy (non-hydrogen) atoms.